The zero-order valence-electron chi connectivity index (χ0n) is 16.8. The molecule has 0 amide bonds. The molecular weight excluding hydrogens is 408 g/mol. The topological polar surface area (TPSA) is 109 Å². The molecule has 9 heteroatoms. The quantitative estimate of drug-likeness (QED) is 0.418. The minimum atomic E-state index is -4.38. The second-order valence-corrected chi connectivity index (χ2v) is 8.36. The summed E-state index contributed by atoms with van der Waals surface area (Å²) in [4.78, 5) is 15.8. The third kappa shape index (κ3) is 4.52. The van der Waals surface area contributed by atoms with Crippen LogP contribution in [-0.4, -0.2) is 32.6 Å². The number of pyridine rings is 1. The number of nitrogens with zero attached hydrogens (tertiary/aromatic N) is 2. The monoisotopic (exact) mass is 429 g/mol. The Hall–Kier alpha value is -3.17. The summed E-state index contributed by atoms with van der Waals surface area (Å²) in [5.41, 5.74) is 1.49. The van der Waals surface area contributed by atoms with Crippen molar-refractivity contribution in [2.45, 2.75) is 25.7 Å². The molecule has 2 aromatic carbocycles. The van der Waals surface area contributed by atoms with Gasteiger partial charge in [0.15, 0.2) is 6.61 Å². The predicted molar refractivity (Wildman–Crippen MR) is 113 cm³/mol. The Bertz CT molecular complexity index is 1180. The van der Waals surface area contributed by atoms with Crippen LogP contribution in [0.5, 0.6) is 5.75 Å². The first-order chi connectivity index (χ1) is 14.2. The van der Waals surface area contributed by atoms with Crippen LogP contribution in [0.3, 0.4) is 0 Å². The Labute approximate surface area is 174 Å². The molecule has 0 aliphatic rings. The molecule has 0 unspecified atom stereocenters. The lowest BCUT2D eigenvalue weighted by Crippen LogP contribution is -2.25. The van der Waals surface area contributed by atoms with Crippen molar-refractivity contribution in [1.29, 1.82) is 0 Å². The average molecular weight is 429 g/mol. The fraction of sp³-hybridized carbons (Fsp3) is 0.238. The number of esters is 1. The van der Waals surface area contributed by atoms with E-state index in [1.165, 1.54) is 18.2 Å². The summed E-state index contributed by atoms with van der Waals surface area (Å²) in [6, 6.07) is 12.2. The number of carbonyl (C=O) groups excluding carboxylic acids is 1. The summed E-state index contributed by atoms with van der Waals surface area (Å²) in [5.74, 6) is -0.427. The van der Waals surface area contributed by atoms with Gasteiger partial charge in [0, 0.05) is 17.1 Å². The van der Waals surface area contributed by atoms with Crippen LogP contribution in [0.4, 0.5) is 5.69 Å². The molecule has 0 aliphatic carbocycles. The van der Waals surface area contributed by atoms with Crippen molar-refractivity contribution in [1.82, 2.24) is 4.98 Å². The highest BCUT2D eigenvalue weighted by atomic mass is 32.2. The van der Waals surface area contributed by atoms with E-state index in [1.54, 1.807) is 44.2 Å². The SMILES string of the molecule is CCOC(=O)COc1cc(N([O-])S(=O)(=O)c2ccc(C)cc2)c2nc(C)ccc2c1. The molecule has 3 rings (SSSR count). The molecule has 0 atom stereocenters. The highest BCUT2D eigenvalue weighted by molar-refractivity contribution is 7.93. The first-order valence-corrected chi connectivity index (χ1v) is 10.7. The minimum Gasteiger partial charge on any atom is -0.744 e. The standard InChI is InChI=1S/C21H21N2O6S/c1-4-28-20(24)13-29-17-11-16-8-7-15(3)22-21(16)19(12-17)23(25)30(26,27)18-9-5-14(2)6-10-18/h5-12H,4,13H2,1-3H3/q-1. The van der Waals surface area contributed by atoms with Crippen LogP contribution in [0.1, 0.15) is 18.2 Å². The van der Waals surface area contributed by atoms with Crippen molar-refractivity contribution in [2.24, 2.45) is 0 Å². The third-order valence-electron chi connectivity index (χ3n) is 4.28. The normalized spacial score (nSPS) is 11.3. The van der Waals surface area contributed by atoms with E-state index in [-0.39, 0.29) is 39.5 Å². The highest BCUT2D eigenvalue weighted by Gasteiger charge is 2.21. The largest absolute Gasteiger partial charge is 0.744 e. The Morgan fingerprint density at radius 2 is 1.80 bits per heavy atom. The number of sulfonamides is 1. The maximum absolute atomic E-state index is 13.0. The first-order valence-electron chi connectivity index (χ1n) is 9.21. The van der Waals surface area contributed by atoms with Crippen LogP contribution < -0.4 is 9.21 Å². The van der Waals surface area contributed by atoms with Gasteiger partial charge < -0.3 is 19.1 Å². The molecule has 0 aliphatic heterocycles. The molecule has 1 heterocycles. The molecule has 1 aromatic heterocycles. The van der Waals surface area contributed by atoms with E-state index in [2.05, 4.69) is 4.98 Å². The molecule has 158 valence electrons. The molecule has 30 heavy (non-hydrogen) atoms. The third-order valence-corrected chi connectivity index (χ3v) is 5.78. The van der Waals surface area contributed by atoms with E-state index in [4.69, 9.17) is 9.47 Å². The fourth-order valence-electron chi connectivity index (χ4n) is 2.79. The van der Waals surface area contributed by atoms with Crippen LogP contribution in [0.2, 0.25) is 0 Å². The van der Waals surface area contributed by atoms with Crippen molar-refractivity contribution < 1.29 is 22.7 Å². The van der Waals surface area contributed by atoms with Gasteiger partial charge in [0.2, 0.25) is 0 Å². The van der Waals surface area contributed by atoms with Crippen LogP contribution in [0.25, 0.3) is 10.9 Å². The Morgan fingerprint density at radius 1 is 1.10 bits per heavy atom. The second-order valence-electron chi connectivity index (χ2n) is 6.61. The average Bonchev–Trinajstić information content (AvgIpc) is 2.72. The van der Waals surface area contributed by atoms with Gasteiger partial charge in [-0.25, -0.2) is 13.2 Å². The van der Waals surface area contributed by atoms with Crippen molar-refractivity contribution in [2.75, 3.05) is 17.7 Å². The molecule has 3 aromatic rings. The summed E-state index contributed by atoms with van der Waals surface area (Å²) < 4.78 is 36.0. The van der Waals surface area contributed by atoms with E-state index >= 15 is 0 Å². The van der Waals surface area contributed by atoms with Crippen LogP contribution in [-0.2, 0) is 19.6 Å². The number of aryl methyl sites for hydroxylation is 2. The maximum atomic E-state index is 13.0. The van der Waals surface area contributed by atoms with Gasteiger partial charge in [-0.05, 0) is 45.0 Å². The summed E-state index contributed by atoms with van der Waals surface area (Å²) in [7, 11) is -4.38. The van der Waals surface area contributed by atoms with E-state index in [0.717, 1.165) is 5.56 Å². The summed E-state index contributed by atoms with van der Waals surface area (Å²) in [6.45, 7) is 5.05. The lowest BCUT2D eigenvalue weighted by Gasteiger charge is -2.30. The van der Waals surface area contributed by atoms with Crippen LogP contribution >= 0.6 is 0 Å². The number of hydrogen-bond donors (Lipinski definition) is 0. The number of hydrogen-bond acceptors (Lipinski definition) is 7. The summed E-state index contributed by atoms with van der Waals surface area (Å²) >= 11 is 0. The van der Waals surface area contributed by atoms with E-state index < -0.39 is 16.0 Å². The van der Waals surface area contributed by atoms with Gasteiger partial charge in [0.05, 0.1) is 22.7 Å². The Balaban J connectivity index is 2.06. The van der Waals surface area contributed by atoms with Crippen molar-refractivity contribution in [3.8, 4) is 5.75 Å². The maximum Gasteiger partial charge on any atom is 0.344 e. The van der Waals surface area contributed by atoms with Gasteiger partial charge in [-0.3, -0.25) is 4.98 Å². The molecule has 0 N–H and O–H groups in total. The number of ether oxygens (including phenoxy) is 2. The number of anilines is 1. The predicted octanol–water partition coefficient (Wildman–Crippen LogP) is 3.49. The summed E-state index contributed by atoms with van der Waals surface area (Å²) in [5, 5.41) is 13.5. The lowest BCUT2D eigenvalue weighted by molar-refractivity contribution is -0.145. The van der Waals surface area contributed by atoms with Gasteiger partial charge in [0.1, 0.15) is 5.75 Å². The highest BCUT2D eigenvalue weighted by Crippen LogP contribution is 2.34. The Kier molecular flexibility index (Phi) is 6.23. The molecular formula is C21H21N2O6S-. The van der Waals surface area contributed by atoms with Gasteiger partial charge in [0.25, 0.3) is 10.0 Å². The van der Waals surface area contributed by atoms with Crippen LogP contribution in [0, 0.1) is 19.1 Å². The lowest BCUT2D eigenvalue weighted by atomic mass is 10.1. The number of rotatable bonds is 7. The summed E-state index contributed by atoms with van der Waals surface area (Å²) in [6.07, 6.45) is 0. The van der Waals surface area contributed by atoms with E-state index in [0.29, 0.717) is 11.1 Å². The van der Waals surface area contributed by atoms with E-state index in [1.807, 2.05) is 6.92 Å². The molecule has 0 bridgehead atoms. The van der Waals surface area contributed by atoms with Gasteiger partial charge in [-0.15, -0.1) is 0 Å². The first kappa shape index (κ1) is 21.5. The molecule has 0 saturated heterocycles. The van der Waals surface area contributed by atoms with E-state index in [9.17, 15) is 18.4 Å². The van der Waals surface area contributed by atoms with Crippen molar-refractivity contribution in [3.05, 3.63) is 65.0 Å². The molecule has 0 radical (unpaired) electrons. The van der Waals surface area contributed by atoms with Gasteiger partial charge in [-0.1, -0.05) is 23.8 Å². The second kappa shape index (κ2) is 8.68. The van der Waals surface area contributed by atoms with Crippen molar-refractivity contribution in [3.63, 3.8) is 0 Å². The fourth-order valence-corrected chi connectivity index (χ4v) is 3.86. The number of aromatic nitrogens is 1. The number of fused-ring (bicyclic) bond motifs is 1. The number of carbonyl (C=O) groups is 1. The number of benzene rings is 2. The van der Waals surface area contributed by atoms with Gasteiger partial charge in [-0.2, -0.15) is 0 Å². The zero-order valence-corrected chi connectivity index (χ0v) is 17.6. The zero-order chi connectivity index (χ0) is 21.9. The van der Waals surface area contributed by atoms with Crippen LogP contribution in [0.15, 0.2) is 53.4 Å². The molecule has 0 fully saturated rings. The van der Waals surface area contributed by atoms with Gasteiger partial charge >= 0.3 is 5.97 Å². The molecule has 8 nitrogen and oxygen atoms in total. The van der Waals surface area contributed by atoms with Crippen molar-refractivity contribution >= 4 is 32.6 Å². The minimum absolute atomic E-state index is 0.0658. The smallest absolute Gasteiger partial charge is 0.344 e. The Morgan fingerprint density at radius 3 is 2.47 bits per heavy atom. The molecule has 0 spiro atoms. The molecule has 0 saturated carbocycles.